The number of aliphatic hydroxyl groups is 1. The number of esters is 1. The van der Waals surface area contributed by atoms with Crippen LogP contribution in [0.3, 0.4) is 0 Å². The Morgan fingerprint density at radius 2 is 1.94 bits per heavy atom. The van der Waals surface area contributed by atoms with E-state index in [1.54, 1.807) is 26.8 Å². The molecule has 8 heteroatoms. The second kappa shape index (κ2) is 7.08. The quantitative estimate of drug-likeness (QED) is 0.625. The first-order valence-electron chi connectivity index (χ1n) is 12.1. The first-order valence-corrected chi connectivity index (χ1v) is 12.1. The van der Waals surface area contributed by atoms with Gasteiger partial charge in [-0.1, -0.05) is 18.6 Å². The van der Waals surface area contributed by atoms with Crippen LogP contribution in [0.2, 0.25) is 0 Å². The van der Waals surface area contributed by atoms with E-state index in [1.807, 2.05) is 6.92 Å². The second-order valence-corrected chi connectivity index (χ2v) is 11.5. The summed E-state index contributed by atoms with van der Waals surface area (Å²) in [5.41, 5.74) is -4.82. The highest BCUT2D eigenvalue weighted by atomic mass is 19.1. The number of alkyl halides is 1. The molecule has 3 saturated carbocycles. The van der Waals surface area contributed by atoms with Crippen LogP contribution in [0.4, 0.5) is 4.39 Å². The summed E-state index contributed by atoms with van der Waals surface area (Å²) in [6.45, 7) is 7.86. The predicted molar refractivity (Wildman–Crippen MR) is 118 cm³/mol. The number of carbonyl (C=O) groups excluding carboxylic acids is 3. The number of ketones is 2. The van der Waals surface area contributed by atoms with E-state index in [4.69, 9.17) is 14.2 Å². The average molecular weight is 477 g/mol. The van der Waals surface area contributed by atoms with Gasteiger partial charge in [0, 0.05) is 23.7 Å². The molecule has 0 spiro atoms. The standard InChI is InChI=1S/C26H33FO7/c1-14(28)32-13-20(31)26-21(33-22(2,3)34-26)11-18-17-7-6-15-10-16(29)8-9-23(15,4)25(17,27)19(30)12-24(18,26)5/h8-10,17-19,21,30H,6-7,11-13H2,1-5H3/t17-,18-,19-,21+,23?,24?,25-,26?/m0/s1. The van der Waals surface area contributed by atoms with Crippen molar-refractivity contribution in [2.75, 3.05) is 6.61 Å². The molecule has 34 heavy (non-hydrogen) atoms. The van der Waals surface area contributed by atoms with Crippen molar-refractivity contribution in [3.63, 3.8) is 0 Å². The molecule has 1 heterocycles. The van der Waals surface area contributed by atoms with Crippen LogP contribution in [0.25, 0.3) is 0 Å². The maximum Gasteiger partial charge on any atom is 0.303 e. The van der Waals surface area contributed by atoms with Crippen LogP contribution in [0, 0.1) is 22.7 Å². The van der Waals surface area contributed by atoms with Crippen LogP contribution in [-0.2, 0) is 28.6 Å². The highest BCUT2D eigenvalue weighted by Gasteiger charge is 2.80. The monoisotopic (exact) mass is 476 g/mol. The highest BCUT2D eigenvalue weighted by molar-refractivity contribution is 6.01. The molecule has 0 aromatic carbocycles. The lowest BCUT2D eigenvalue weighted by atomic mass is 9.44. The molecular weight excluding hydrogens is 443 g/mol. The fourth-order valence-electron chi connectivity index (χ4n) is 8.08. The van der Waals surface area contributed by atoms with E-state index in [0.717, 1.165) is 0 Å². The smallest absolute Gasteiger partial charge is 0.303 e. The third kappa shape index (κ3) is 2.76. The molecule has 0 aromatic heterocycles. The van der Waals surface area contributed by atoms with E-state index in [9.17, 15) is 19.5 Å². The van der Waals surface area contributed by atoms with E-state index in [1.165, 1.54) is 19.1 Å². The first-order chi connectivity index (χ1) is 15.7. The number of hydrogen-bond acceptors (Lipinski definition) is 7. The van der Waals surface area contributed by atoms with E-state index in [-0.39, 0.29) is 18.1 Å². The topological polar surface area (TPSA) is 99.1 Å². The molecule has 0 amide bonds. The molecule has 1 aliphatic heterocycles. The van der Waals surface area contributed by atoms with Crippen LogP contribution in [-0.4, -0.2) is 58.5 Å². The van der Waals surface area contributed by atoms with Gasteiger partial charge >= 0.3 is 5.97 Å². The van der Waals surface area contributed by atoms with Crippen LogP contribution in [0.5, 0.6) is 0 Å². The minimum absolute atomic E-state index is 0.0168. The van der Waals surface area contributed by atoms with Gasteiger partial charge in [0.1, 0.15) is 0 Å². The third-order valence-corrected chi connectivity index (χ3v) is 9.45. The van der Waals surface area contributed by atoms with Crippen molar-refractivity contribution < 1.29 is 38.1 Å². The summed E-state index contributed by atoms with van der Waals surface area (Å²) in [5, 5.41) is 11.5. The van der Waals surface area contributed by atoms with Gasteiger partial charge in [-0.3, -0.25) is 14.4 Å². The Morgan fingerprint density at radius 1 is 1.24 bits per heavy atom. The second-order valence-electron chi connectivity index (χ2n) is 11.5. The number of hydrogen-bond donors (Lipinski definition) is 1. The molecule has 4 aliphatic carbocycles. The van der Waals surface area contributed by atoms with Crippen LogP contribution >= 0.6 is 0 Å². The number of rotatable bonds is 3. The summed E-state index contributed by atoms with van der Waals surface area (Å²) in [5.74, 6) is -3.11. The maximum atomic E-state index is 17.3. The number of carbonyl (C=O) groups is 3. The van der Waals surface area contributed by atoms with E-state index in [2.05, 4.69) is 0 Å². The van der Waals surface area contributed by atoms with Crippen LogP contribution < -0.4 is 0 Å². The van der Waals surface area contributed by atoms with Gasteiger partial charge in [0.05, 0.1) is 12.2 Å². The van der Waals surface area contributed by atoms with Gasteiger partial charge in [-0.25, -0.2) is 4.39 Å². The summed E-state index contributed by atoms with van der Waals surface area (Å²) >= 11 is 0. The van der Waals surface area contributed by atoms with Crippen molar-refractivity contribution in [2.45, 2.75) is 89.6 Å². The lowest BCUT2D eigenvalue weighted by Gasteiger charge is -2.62. The zero-order valence-electron chi connectivity index (χ0n) is 20.4. The molecule has 1 N–H and O–H groups in total. The molecule has 7 nitrogen and oxygen atoms in total. The molecular formula is C26H33FO7. The number of allylic oxidation sites excluding steroid dienone is 4. The van der Waals surface area contributed by atoms with E-state index < -0.39 is 64.4 Å². The zero-order valence-corrected chi connectivity index (χ0v) is 20.4. The Balaban J connectivity index is 1.60. The molecule has 5 rings (SSSR count). The van der Waals surface area contributed by atoms with Crippen molar-refractivity contribution in [2.24, 2.45) is 22.7 Å². The van der Waals surface area contributed by atoms with Gasteiger partial charge in [0.25, 0.3) is 0 Å². The Labute approximate surface area is 198 Å². The summed E-state index contributed by atoms with van der Waals surface area (Å²) < 4.78 is 34.9. The maximum absolute atomic E-state index is 17.3. The molecule has 8 atom stereocenters. The number of fused-ring (bicyclic) bond motifs is 7. The lowest BCUT2D eigenvalue weighted by Crippen LogP contribution is -2.70. The number of ether oxygens (including phenoxy) is 3. The van der Waals surface area contributed by atoms with Crippen molar-refractivity contribution in [1.82, 2.24) is 0 Å². The molecule has 186 valence electrons. The van der Waals surface area contributed by atoms with Gasteiger partial charge < -0.3 is 19.3 Å². The molecule has 0 aromatic rings. The molecule has 0 bridgehead atoms. The largest absolute Gasteiger partial charge is 0.458 e. The van der Waals surface area contributed by atoms with E-state index in [0.29, 0.717) is 24.8 Å². The van der Waals surface area contributed by atoms with Crippen molar-refractivity contribution in [3.05, 3.63) is 23.8 Å². The van der Waals surface area contributed by atoms with Crippen molar-refractivity contribution in [1.29, 1.82) is 0 Å². The number of aliphatic hydroxyl groups excluding tert-OH is 1. The van der Waals surface area contributed by atoms with Gasteiger partial charge in [0.2, 0.25) is 5.78 Å². The molecule has 1 saturated heterocycles. The van der Waals surface area contributed by atoms with Crippen LogP contribution in [0.15, 0.2) is 23.8 Å². The van der Waals surface area contributed by atoms with Gasteiger partial charge in [0.15, 0.2) is 29.4 Å². The normalized spacial score (nSPS) is 48.3. The average Bonchev–Trinajstić information content (AvgIpc) is 3.14. The Morgan fingerprint density at radius 3 is 2.62 bits per heavy atom. The third-order valence-electron chi connectivity index (χ3n) is 9.45. The molecule has 5 aliphatic rings. The predicted octanol–water partition coefficient (Wildman–Crippen LogP) is 2.99. The Hall–Kier alpha value is -1.90. The van der Waals surface area contributed by atoms with Crippen molar-refractivity contribution >= 4 is 17.5 Å². The van der Waals surface area contributed by atoms with Gasteiger partial charge in [-0.15, -0.1) is 0 Å². The zero-order chi connectivity index (χ0) is 24.9. The summed E-state index contributed by atoms with van der Waals surface area (Å²) in [6.07, 6.45) is 3.81. The fraction of sp³-hybridized carbons (Fsp3) is 0.731. The SMILES string of the molecule is CC(=O)OCC(=O)C12OC(C)(C)O[C@@H]1C[C@H]1[C@@H]3CCC4=CC(=O)C=CC4(C)[C@@]3(F)[C@@H](O)CC12C. The summed E-state index contributed by atoms with van der Waals surface area (Å²) in [7, 11) is 0. The number of halogens is 1. The van der Waals surface area contributed by atoms with Gasteiger partial charge in [-0.2, -0.15) is 0 Å². The fourth-order valence-corrected chi connectivity index (χ4v) is 8.08. The molecule has 4 fully saturated rings. The number of Topliss-reactive ketones (excluding diaryl/α,β-unsaturated/α-hetero) is 1. The minimum Gasteiger partial charge on any atom is -0.458 e. The Kier molecular flexibility index (Phi) is 4.96. The Bertz CT molecular complexity index is 1030. The van der Waals surface area contributed by atoms with Crippen molar-refractivity contribution in [3.8, 4) is 0 Å². The highest BCUT2D eigenvalue weighted by Crippen LogP contribution is 2.72. The van der Waals surface area contributed by atoms with Crippen LogP contribution in [0.1, 0.15) is 60.3 Å². The first kappa shape index (κ1) is 23.8. The summed E-state index contributed by atoms with van der Waals surface area (Å²) in [4.78, 5) is 37.1. The minimum atomic E-state index is -2.01. The van der Waals surface area contributed by atoms with E-state index >= 15 is 4.39 Å². The molecule has 0 radical (unpaired) electrons. The lowest BCUT2D eigenvalue weighted by molar-refractivity contribution is -0.246. The van der Waals surface area contributed by atoms with Gasteiger partial charge in [-0.05, 0) is 64.5 Å². The molecule has 3 unspecified atom stereocenters. The summed E-state index contributed by atoms with van der Waals surface area (Å²) in [6, 6.07) is 0.